The van der Waals surface area contributed by atoms with Gasteiger partial charge in [-0.1, -0.05) is 12.2 Å². The topological polar surface area (TPSA) is 80.5 Å². The molecule has 106 valence electrons. The number of nitro benzene ring substituents is 1. The van der Waals surface area contributed by atoms with Gasteiger partial charge in [-0.25, -0.2) is 0 Å². The van der Waals surface area contributed by atoms with E-state index in [0.717, 1.165) is 6.42 Å². The highest BCUT2D eigenvalue weighted by atomic mass is 16.6. The third-order valence-corrected chi connectivity index (χ3v) is 4.79. The molecule has 21 heavy (non-hydrogen) atoms. The molecule has 1 heterocycles. The van der Waals surface area contributed by atoms with E-state index in [2.05, 4.69) is 0 Å². The number of allylic oxidation sites excluding steroid dienone is 2. The van der Waals surface area contributed by atoms with E-state index in [4.69, 9.17) is 0 Å². The summed E-state index contributed by atoms with van der Waals surface area (Å²) in [5.41, 5.74) is 0.365. The standard InChI is InChI=1S/C15H12N2O4/c18-14-12-8-1-2-9(7-8)13(12)15(19)16(14)10-3-5-11(6-4-10)17(20)21/h1-6,8-9,12-13H,7H2/t8-,9+,12-,13+. The first-order valence-corrected chi connectivity index (χ1v) is 6.88. The van der Waals surface area contributed by atoms with Crippen molar-refractivity contribution in [1.29, 1.82) is 0 Å². The number of hydrogen-bond donors (Lipinski definition) is 0. The zero-order valence-corrected chi connectivity index (χ0v) is 11.0. The predicted octanol–water partition coefficient (Wildman–Crippen LogP) is 1.91. The number of imide groups is 1. The Morgan fingerprint density at radius 2 is 1.52 bits per heavy atom. The smallest absolute Gasteiger partial charge is 0.269 e. The average Bonchev–Trinajstić information content (AvgIpc) is 3.13. The van der Waals surface area contributed by atoms with Crippen LogP contribution in [-0.2, 0) is 9.59 Å². The van der Waals surface area contributed by atoms with Crippen LogP contribution in [0.15, 0.2) is 36.4 Å². The predicted molar refractivity (Wildman–Crippen MR) is 73.3 cm³/mol. The summed E-state index contributed by atoms with van der Waals surface area (Å²) in [5.74, 6) is -0.504. The monoisotopic (exact) mass is 284 g/mol. The van der Waals surface area contributed by atoms with Gasteiger partial charge in [0.05, 0.1) is 22.4 Å². The Bertz CT molecular complexity index is 664. The van der Waals surface area contributed by atoms with E-state index in [9.17, 15) is 19.7 Å². The summed E-state index contributed by atoms with van der Waals surface area (Å²) in [6.07, 6.45) is 4.97. The third-order valence-electron chi connectivity index (χ3n) is 4.79. The lowest BCUT2D eigenvalue weighted by molar-refractivity contribution is -0.384. The lowest BCUT2D eigenvalue weighted by atomic mass is 9.85. The van der Waals surface area contributed by atoms with Crippen LogP contribution in [-0.4, -0.2) is 16.7 Å². The van der Waals surface area contributed by atoms with Crippen LogP contribution in [0.2, 0.25) is 0 Å². The lowest BCUT2D eigenvalue weighted by Crippen LogP contribution is -2.32. The molecule has 2 aliphatic carbocycles. The van der Waals surface area contributed by atoms with Gasteiger partial charge < -0.3 is 0 Å². The van der Waals surface area contributed by atoms with E-state index in [1.165, 1.54) is 29.2 Å². The number of carbonyl (C=O) groups excluding carboxylic acids is 2. The van der Waals surface area contributed by atoms with Gasteiger partial charge in [0.2, 0.25) is 11.8 Å². The number of amides is 2. The molecule has 1 aliphatic heterocycles. The van der Waals surface area contributed by atoms with Crippen LogP contribution in [0.4, 0.5) is 11.4 Å². The van der Waals surface area contributed by atoms with Crippen LogP contribution < -0.4 is 4.90 Å². The number of fused-ring (bicyclic) bond motifs is 5. The van der Waals surface area contributed by atoms with Gasteiger partial charge in [-0.3, -0.25) is 24.6 Å². The van der Waals surface area contributed by atoms with E-state index >= 15 is 0 Å². The maximum Gasteiger partial charge on any atom is 0.269 e. The number of hydrogen-bond acceptors (Lipinski definition) is 4. The van der Waals surface area contributed by atoms with Gasteiger partial charge in [0.1, 0.15) is 0 Å². The molecule has 2 bridgehead atoms. The van der Waals surface area contributed by atoms with Crippen molar-refractivity contribution in [3.05, 3.63) is 46.5 Å². The summed E-state index contributed by atoms with van der Waals surface area (Å²) in [7, 11) is 0. The van der Waals surface area contributed by atoms with Crippen molar-refractivity contribution in [2.45, 2.75) is 6.42 Å². The fraction of sp³-hybridized carbons (Fsp3) is 0.333. The molecule has 4 atom stereocenters. The second kappa shape index (κ2) is 4.00. The number of nitrogens with zero attached hydrogens (tertiary/aromatic N) is 2. The number of anilines is 1. The molecule has 3 aliphatic rings. The summed E-state index contributed by atoms with van der Waals surface area (Å²) in [6, 6.07) is 5.56. The van der Waals surface area contributed by atoms with E-state index in [0.29, 0.717) is 5.69 Å². The Morgan fingerprint density at radius 3 is 2.00 bits per heavy atom. The van der Waals surface area contributed by atoms with Crippen molar-refractivity contribution in [3.63, 3.8) is 0 Å². The van der Waals surface area contributed by atoms with E-state index in [-0.39, 0.29) is 41.2 Å². The molecule has 1 aromatic carbocycles. The minimum Gasteiger partial charge on any atom is -0.274 e. The lowest BCUT2D eigenvalue weighted by Gasteiger charge is -2.16. The Labute approximate surface area is 120 Å². The van der Waals surface area contributed by atoms with Crippen molar-refractivity contribution in [1.82, 2.24) is 0 Å². The summed E-state index contributed by atoms with van der Waals surface area (Å²) in [5, 5.41) is 10.7. The third kappa shape index (κ3) is 1.53. The molecule has 0 N–H and O–H groups in total. The van der Waals surface area contributed by atoms with Gasteiger partial charge in [-0.05, 0) is 30.4 Å². The molecule has 4 rings (SSSR count). The summed E-state index contributed by atoms with van der Waals surface area (Å²) in [4.78, 5) is 36.4. The number of non-ortho nitro benzene ring substituents is 1. The van der Waals surface area contributed by atoms with Gasteiger partial charge >= 0.3 is 0 Å². The minimum atomic E-state index is -0.504. The second-order valence-corrected chi connectivity index (χ2v) is 5.79. The van der Waals surface area contributed by atoms with Gasteiger partial charge in [0.25, 0.3) is 5.69 Å². The number of rotatable bonds is 2. The highest BCUT2D eigenvalue weighted by Gasteiger charge is 2.59. The van der Waals surface area contributed by atoms with E-state index in [1.807, 2.05) is 12.2 Å². The molecule has 6 nitrogen and oxygen atoms in total. The van der Waals surface area contributed by atoms with Crippen molar-refractivity contribution in [3.8, 4) is 0 Å². The van der Waals surface area contributed by atoms with Crippen molar-refractivity contribution < 1.29 is 14.5 Å². The van der Waals surface area contributed by atoms with Crippen LogP contribution in [0.1, 0.15) is 6.42 Å². The minimum absolute atomic E-state index is 0.0558. The first-order chi connectivity index (χ1) is 10.1. The Kier molecular flexibility index (Phi) is 2.34. The molecule has 2 fully saturated rings. The Hall–Kier alpha value is -2.50. The fourth-order valence-corrected chi connectivity index (χ4v) is 3.88. The fourth-order valence-electron chi connectivity index (χ4n) is 3.88. The first kappa shape index (κ1) is 12.3. The van der Waals surface area contributed by atoms with Gasteiger partial charge in [-0.2, -0.15) is 0 Å². The molecule has 1 aromatic rings. The normalized spacial score (nSPS) is 32.9. The zero-order chi connectivity index (χ0) is 14.7. The van der Waals surface area contributed by atoms with Crippen LogP contribution in [0.25, 0.3) is 0 Å². The second-order valence-electron chi connectivity index (χ2n) is 5.79. The average molecular weight is 284 g/mol. The number of carbonyl (C=O) groups is 2. The van der Waals surface area contributed by atoms with Crippen LogP contribution in [0.5, 0.6) is 0 Å². The maximum atomic E-state index is 12.5. The SMILES string of the molecule is O=C1[C@@H]2[C@H](C(=O)N1c1ccc([N+](=O)[O-])cc1)[C@@H]1C=C[C@H]2C1. The van der Waals surface area contributed by atoms with Crippen molar-refractivity contribution in [2.24, 2.45) is 23.7 Å². The molecule has 6 heteroatoms. The molecule has 2 amide bonds. The van der Waals surface area contributed by atoms with Crippen LogP contribution in [0, 0.1) is 33.8 Å². The van der Waals surface area contributed by atoms with Crippen LogP contribution in [0.3, 0.4) is 0 Å². The highest BCUT2D eigenvalue weighted by molar-refractivity contribution is 6.22. The molecule has 0 unspecified atom stereocenters. The van der Waals surface area contributed by atoms with E-state index < -0.39 is 4.92 Å². The van der Waals surface area contributed by atoms with Crippen LogP contribution >= 0.6 is 0 Å². The molecule has 0 aromatic heterocycles. The summed E-state index contributed by atoms with van der Waals surface area (Å²) in [6.45, 7) is 0. The zero-order valence-electron chi connectivity index (χ0n) is 11.0. The number of benzene rings is 1. The molecule has 1 saturated carbocycles. The summed E-state index contributed by atoms with van der Waals surface area (Å²) < 4.78 is 0. The Morgan fingerprint density at radius 1 is 1.00 bits per heavy atom. The molecular weight excluding hydrogens is 272 g/mol. The quantitative estimate of drug-likeness (QED) is 0.359. The molecule has 0 radical (unpaired) electrons. The van der Waals surface area contributed by atoms with E-state index in [1.54, 1.807) is 0 Å². The number of nitro groups is 1. The first-order valence-electron chi connectivity index (χ1n) is 6.88. The van der Waals surface area contributed by atoms with Gasteiger partial charge in [0, 0.05) is 12.1 Å². The molecular formula is C15H12N2O4. The maximum absolute atomic E-state index is 12.5. The van der Waals surface area contributed by atoms with Crippen molar-refractivity contribution >= 4 is 23.2 Å². The van der Waals surface area contributed by atoms with Gasteiger partial charge in [-0.15, -0.1) is 0 Å². The summed E-state index contributed by atoms with van der Waals surface area (Å²) >= 11 is 0. The van der Waals surface area contributed by atoms with Gasteiger partial charge in [0.15, 0.2) is 0 Å². The Balaban J connectivity index is 1.69. The van der Waals surface area contributed by atoms with Crippen molar-refractivity contribution in [2.75, 3.05) is 4.90 Å². The molecule has 1 saturated heterocycles. The molecule has 0 spiro atoms. The highest BCUT2D eigenvalue weighted by Crippen LogP contribution is 2.53. The largest absolute Gasteiger partial charge is 0.274 e.